The van der Waals surface area contributed by atoms with Crippen molar-refractivity contribution in [3.05, 3.63) is 65.3 Å². The Labute approximate surface area is 144 Å². The van der Waals surface area contributed by atoms with Gasteiger partial charge in [-0.3, -0.25) is 9.78 Å². The number of hydrogen-bond acceptors (Lipinski definition) is 6. The first-order valence-electron chi connectivity index (χ1n) is 7.58. The number of carboxylic acid groups (broad SMARTS) is 1. The first-order chi connectivity index (χ1) is 11.6. The predicted octanol–water partition coefficient (Wildman–Crippen LogP) is 1.96. The zero-order valence-corrected chi connectivity index (χ0v) is 13.8. The van der Waals surface area contributed by atoms with Crippen LogP contribution in [-0.4, -0.2) is 27.3 Å². The molecule has 1 aromatic heterocycles. The van der Waals surface area contributed by atoms with Crippen molar-refractivity contribution in [2.75, 3.05) is 0 Å². The monoisotopic (exact) mass is 342 g/mol. The van der Waals surface area contributed by atoms with Gasteiger partial charge >= 0.3 is 5.97 Å². The molecule has 4 N–H and O–H groups in total. The molecule has 0 saturated heterocycles. The summed E-state index contributed by atoms with van der Waals surface area (Å²) in [7, 11) is 0. The zero-order chi connectivity index (χ0) is 16.9. The first-order valence-corrected chi connectivity index (χ1v) is 8.57. The van der Waals surface area contributed by atoms with Crippen LogP contribution < -0.4 is 11.1 Å². The number of amidine groups is 1. The van der Waals surface area contributed by atoms with Crippen molar-refractivity contribution >= 4 is 22.9 Å². The highest BCUT2D eigenvalue weighted by molar-refractivity contribution is 8.13. The highest BCUT2D eigenvalue weighted by atomic mass is 32.2. The molecule has 2 bridgehead atoms. The number of pyridine rings is 1. The fourth-order valence-electron chi connectivity index (χ4n) is 2.36. The fraction of sp³-hybridized carbons (Fsp3) is 0.235. The summed E-state index contributed by atoms with van der Waals surface area (Å²) in [4.78, 5) is 19.9. The normalized spacial score (nSPS) is 17.1. The summed E-state index contributed by atoms with van der Waals surface area (Å²) in [5.74, 6) is -0.370. The third-order valence-electron chi connectivity index (χ3n) is 3.55. The van der Waals surface area contributed by atoms with Crippen LogP contribution >= 0.6 is 11.8 Å². The second kappa shape index (κ2) is 7.46. The minimum absolute atomic E-state index is 0.221. The van der Waals surface area contributed by atoms with E-state index < -0.39 is 12.0 Å². The van der Waals surface area contributed by atoms with E-state index in [1.165, 1.54) is 0 Å². The quantitative estimate of drug-likeness (QED) is 0.756. The van der Waals surface area contributed by atoms with E-state index in [0.717, 1.165) is 28.7 Å². The lowest BCUT2D eigenvalue weighted by Gasteiger charge is -2.18. The van der Waals surface area contributed by atoms with Gasteiger partial charge in [0.25, 0.3) is 0 Å². The number of aromatic nitrogens is 1. The van der Waals surface area contributed by atoms with Crippen molar-refractivity contribution in [3.8, 4) is 0 Å². The number of nitrogens with zero attached hydrogens (tertiary/aromatic N) is 2. The van der Waals surface area contributed by atoms with E-state index in [0.29, 0.717) is 11.4 Å². The molecular formula is C17H18N4O2S. The molecule has 0 radical (unpaired) electrons. The Bertz CT molecular complexity index is 768. The van der Waals surface area contributed by atoms with E-state index in [2.05, 4.69) is 15.3 Å². The van der Waals surface area contributed by atoms with Crippen LogP contribution in [0.25, 0.3) is 0 Å². The van der Waals surface area contributed by atoms with E-state index in [1.807, 2.05) is 36.4 Å². The maximum atomic E-state index is 10.8. The van der Waals surface area contributed by atoms with Crippen molar-refractivity contribution in [2.24, 2.45) is 10.7 Å². The molecule has 0 fully saturated rings. The van der Waals surface area contributed by atoms with Crippen LogP contribution in [0.15, 0.2) is 58.9 Å². The number of aliphatic carboxylic acids is 1. The first kappa shape index (κ1) is 16.5. The standard InChI is InChI=1S/C17H18N4O2S/c18-15(16(22)23)9-13-6-3-7-14(19-13)10-24-17-20-11-4-1-2-5-12(8-11)21-17/h1-7,15H,8-10,18H2,(H,20,21)(H,22,23). The SMILES string of the molecule is NC(Cc1cccc(CSC2=NC3=CC=CC=C(C3)N2)n1)C(=O)O. The van der Waals surface area contributed by atoms with Gasteiger partial charge in [-0.15, -0.1) is 0 Å². The predicted molar refractivity (Wildman–Crippen MR) is 95.3 cm³/mol. The van der Waals surface area contributed by atoms with E-state index in [9.17, 15) is 4.79 Å². The van der Waals surface area contributed by atoms with Crippen LogP contribution in [0.2, 0.25) is 0 Å². The maximum Gasteiger partial charge on any atom is 0.320 e. The summed E-state index contributed by atoms with van der Waals surface area (Å²) < 4.78 is 0. The molecule has 0 amide bonds. The number of aliphatic imine (C=N–C) groups is 1. The lowest BCUT2D eigenvalue weighted by atomic mass is 10.1. The van der Waals surface area contributed by atoms with Crippen molar-refractivity contribution in [1.82, 2.24) is 10.3 Å². The Morgan fingerprint density at radius 2 is 2.12 bits per heavy atom. The molecule has 1 aliphatic heterocycles. The molecule has 124 valence electrons. The molecule has 3 rings (SSSR count). The number of nitrogens with one attached hydrogen (secondary N) is 1. The molecule has 1 aromatic rings. The van der Waals surface area contributed by atoms with Gasteiger partial charge < -0.3 is 16.2 Å². The highest BCUT2D eigenvalue weighted by Gasteiger charge is 2.15. The van der Waals surface area contributed by atoms with Gasteiger partial charge in [-0.25, -0.2) is 4.99 Å². The van der Waals surface area contributed by atoms with Crippen molar-refractivity contribution in [1.29, 1.82) is 0 Å². The molecular weight excluding hydrogens is 324 g/mol. The van der Waals surface area contributed by atoms with Gasteiger partial charge in [0.15, 0.2) is 5.17 Å². The molecule has 0 spiro atoms. The number of carboxylic acids is 1. The second-order valence-electron chi connectivity index (χ2n) is 5.51. The summed E-state index contributed by atoms with van der Waals surface area (Å²) in [5, 5.41) is 13.0. The van der Waals surface area contributed by atoms with Crippen LogP contribution in [0, 0.1) is 0 Å². The summed E-state index contributed by atoms with van der Waals surface area (Å²) in [6.07, 6.45) is 9.07. The smallest absolute Gasteiger partial charge is 0.320 e. The highest BCUT2D eigenvalue weighted by Crippen LogP contribution is 2.23. The molecule has 2 heterocycles. The summed E-state index contributed by atoms with van der Waals surface area (Å²) >= 11 is 1.57. The second-order valence-corrected chi connectivity index (χ2v) is 6.48. The summed E-state index contributed by atoms with van der Waals surface area (Å²) in [6.45, 7) is 0. The molecule has 1 atom stereocenters. The topological polar surface area (TPSA) is 101 Å². The number of carbonyl (C=O) groups is 1. The van der Waals surface area contributed by atoms with Gasteiger partial charge in [-0.05, 0) is 24.3 Å². The molecule has 2 aliphatic rings. The zero-order valence-electron chi connectivity index (χ0n) is 13.0. The van der Waals surface area contributed by atoms with Crippen molar-refractivity contribution in [2.45, 2.75) is 24.6 Å². The van der Waals surface area contributed by atoms with Crippen molar-refractivity contribution < 1.29 is 9.90 Å². The number of nitrogens with two attached hydrogens (primary N) is 1. The maximum absolute atomic E-state index is 10.8. The van der Waals surface area contributed by atoms with Crippen LogP contribution in [0.5, 0.6) is 0 Å². The Balaban J connectivity index is 1.63. The number of rotatable bonds is 5. The lowest BCUT2D eigenvalue weighted by Crippen LogP contribution is -2.32. The average molecular weight is 342 g/mol. The van der Waals surface area contributed by atoms with Crippen LogP contribution in [0.1, 0.15) is 17.8 Å². The van der Waals surface area contributed by atoms with Gasteiger partial charge in [-0.2, -0.15) is 0 Å². The van der Waals surface area contributed by atoms with Gasteiger partial charge in [0, 0.05) is 35.7 Å². The number of thioether (sulfide) groups is 1. The minimum Gasteiger partial charge on any atom is -0.480 e. The molecule has 7 heteroatoms. The van der Waals surface area contributed by atoms with Crippen molar-refractivity contribution in [3.63, 3.8) is 0 Å². The summed E-state index contributed by atoms with van der Waals surface area (Å²) in [5.41, 5.74) is 9.28. The Kier molecular flexibility index (Phi) is 5.12. The third-order valence-corrected chi connectivity index (χ3v) is 4.46. The Hall–Kier alpha value is -2.38. The van der Waals surface area contributed by atoms with E-state index in [-0.39, 0.29) is 6.42 Å². The molecule has 24 heavy (non-hydrogen) atoms. The van der Waals surface area contributed by atoms with Crippen LogP contribution in [-0.2, 0) is 17.0 Å². The third kappa shape index (κ3) is 4.33. The molecule has 1 aliphatic carbocycles. The molecule has 6 nitrogen and oxygen atoms in total. The van der Waals surface area contributed by atoms with Gasteiger partial charge in [0.05, 0.1) is 5.69 Å². The molecule has 1 unspecified atom stereocenters. The van der Waals surface area contributed by atoms with Crippen LogP contribution in [0.4, 0.5) is 0 Å². The van der Waals surface area contributed by atoms with E-state index in [4.69, 9.17) is 10.8 Å². The fourth-order valence-corrected chi connectivity index (χ4v) is 3.19. The number of fused-ring (bicyclic) bond motifs is 2. The largest absolute Gasteiger partial charge is 0.480 e. The Morgan fingerprint density at radius 3 is 2.96 bits per heavy atom. The van der Waals surface area contributed by atoms with E-state index in [1.54, 1.807) is 17.8 Å². The molecule has 0 saturated carbocycles. The van der Waals surface area contributed by atoms with Gasteiger partial charge in [0.1, 0.15) is 6.04 Å². The molecule has 0 aromatic carbocycles. The minimum atomic E-state index is -1.02. The van der Waals surface area contributed by atoms with Gasteiger partial charge in [0.2, 0.25) is 0 Å². The summed E-state index contributed by atoms with van der Waals surface area (Å²) in [6, 6.07) is 4.65. The lowest BCUT2D eigenvalue weighted by molar-refractivity contribution is -0.138. The average Bonchev–Trinajstić information content (AvgIpc) is 2.73. The number of hydrogen-bond donors (Lipinski definition) is 3. The van der Waals surface area contributed by atoms with Gasteiger partial charge in [-0.1, -0.05) is 30.0 Å². The van der Waals surface area contributed by atoms with Crippen LogP contribution in [0.3, 0.4) is 0 Å². The Morgan fingerprint density at radius 1 is 1.33 bits per heavy atom. The van der Waals surface area contributed by atoms with E-state index >= 15 is 0 Å². The number of allylic oxidation sites excluding steroid dienone is 4.